The summed E-state index contributed by atoms with van der Waals surface area (Å²) in [5, 5.41) is 25.1. The number of phenolic OH excluding ortho intramolecular Hbond substituents is 1. The van der Waals surface area contributed by atoms with Crippen LogP contribution in [0.1, 0.15) is 70.1 Å². The third-order valence-corrected chi connectivity index (χ3v) is 12.2. The molecule has 4 rings (SSSR count). The molecule has 65 heavy (non-hydrogen) atoms. The van der Waals surface area contributed by atoms with Crippen LogP contribution in [0.4, 0.5) is 0 Å². The molecule has 0 spiro atoms. The number of aliphatic carboxylic acids is 1. The molecule has 0 aromatic heterocycles. The van der Waals surface area contributed by atoms with Gasteiger partial charge < -0.3 is 46.2 Å². The number of amides is 6. The molecule has 6 amide bonds. The second kappa shape index (κ2) is 24.1. The van der Waals surface area contributed by atoms with E-state index in [1.165, 1.54) is 48.0 Å². The number of aromatic hydroxyl groups is 1. The molecule has 0 radical (unpaired) electrons. The quantitative estimate of drug-likeness (QED) is 0.0992. The zero-order valence-corrected chi connectivity index (χ0v) is 38.7. The summed E-state index contributed by atoms with van der Waals surface area (Å²) in [4.78, 5) is 102. The molecule has 1 heterocycles. The summed E-state index contributed by atoms with van der Waals surface area (Å²) in [7, 11) is 4.36. The van der Waals surface area contributed by atoms with Crippen LogP contribution in [-0.4, -0.2) is 142 Å². The van der Waals surface area contributed by atoms with E-state index in [-0.39, 0.29) is 43.9 Å². The summed E-state index contributed by atoms with van der Waals surface area (Å²) in [6, 6.07) is 18.2. The first-order chi connectivity index (χ1) is 30.8. The number of likely N-dealkylation sites (N-methyl/N-ethyl adjacent to an activating group) is 3. The predicted octanol–water partition coefficient (Wildman–Crippen LogP) is 3.00. The fourth-order valence-corrected chi connectivity index (χ4v) is 8.18. The molecule has 352 valence electrons. The number of hydrogen-bond acceptors (Lipinski definition) is 9. The lowest BCUT2D eigenvalue weighted by atomic mass is 9.95. The van der Waals surface area contributed by atoms with Crippen LogP contribution in [0.2, 0.25) is 0 Å². The average molecular weight is 898 g/mol. The molecule has 6 N–H and O–H groups in total. The standard InChI is InChI=1S/C49H67N7O9/c1-8-32(4)43(52-44(60)40(28-35-21-23-36(57)24-22-35)54(6)46(62)37(50)27-33-16-11-9-12-17-33)45(61)51-38(26-31(2)3)47(63)55(7)41(29-34-18-13-10-14-19-34)49(65)56-25-15-20-39(56)48(64)53(5)30-42(58)59/h9-14,16-19,21-24,31-32,37-41,43,57H,8,15,20,25-30,50H2,1-7H3,(H,51,61)(H,52,60)(H,58,59)/t32-,37-,38-,39-,40-,41+,43-/m0/s1. The number of benzene rings is 3. The second-order valence-corrected chi connectivity index (χ2v) is 17.6. The highest BCUT2D eigenvalue weighted by molar-refractivity contribution is 5.97. The van der Waals surface area contributed by atoms with E-state index < -0.39 is 90.1 Å². The molecule has 1 saturated heterocycles. The zero-order chi connectivity index (χ0) is 48.0. The molecule has 0 bridgehead atoms. The number of nitrogens with zero attached hydrogens (tertiary/aromatic N) is 4. The van der Waals surface area contributed by atoms with Gasteiger partial charge in [0.25, 0.3) is 0 Å². The minimum Gasteiger partial charge on any atom is -0.508 e. The summed E-state index contributed by atoms with van der Waals surface area (Å²) in [5.41, 5.74) is 8.66. The van der Waals surface area contributed by atoms with Gasteiger partial charge in [0, 0.05) is 40.5 Å². The van der Waals surface area contributed by atoms with E-state index in [4.69, 9.17) is 5.73 Å². The van der Waals surface area contributed by atoms with Crippen molar-refractivity contribution in [3.8, 4) is 5.75 Å². The molecule has 0 saturated carbocycles. The van der Waals surface area contributed by atoms with E-state index >= 15 is 0 Å². The van der Waals surface area contributed by atoms with Gasteiger partial charge in [-0.1, -0.05) is 107 Å². The number of carboxylic acids is 1. The Labute approximate surface area is 382 Å². The summed E-state index contributed by atoms with van der Waals surface area (Å²) in [6.07, 6.45) is 1.86. The molecule has 0 aliphatic carbocycles. The van der Waals surface area contributed by atoms with Crippen molar-refractivity contribution in [3.63, 3.8) is 0 Å². The Morgan fingerprint density at radius 2 is 1.28 bits per heavy atom. The van der Waals surface area contributed by atoms with Gasteiger partial charge >= 0.3 is 5.97 Å². The Bertz CT molecular complexity index is 2090. The van der Waals surface area contributed by atoms with Crippen LogP contribution in [0.15, 0.2) is 84.9 Å². The van der Waals surface area contributed by atoms with Crippen LogP contribution in [0.25, 0.3) is 0 Å². The zero-order valence-electron chi connectivity index (χ0n) is 38.7. The van der Waals surface area contributed by atoms with Gasteiger partial charge in [-0.2, -0.15) is 0 Å². The first kappa shape index (κ1) is 51.3. The number of carbonyl (C=O) groups excluding carboxylic acids is 6. The van der Waals surface area contributed by atoms with E-state index in [2.05, 4.69) is 10.6 Å². The topological polar surface area (TPSA) is 223 Å². The van der Waals surface area contributed by atoms with E-state index in [0.717, 1.165) is 16.0 Å². The highest BCUT2D eigenvalue weighted by Crippen LogP contribution is 2.24. The van der Waals surface area contributed by atoms with Gasteiger partial charge in [-0.25, -0.2) is 0 Å². The van der Waals surface area contributed by atoms with Crippen molar-refractivity contribution < 1.29 is 43.8 Å². The maximum absolute atomic E-state index is 14.7. The van der Waals surface area contributed by atoms with E-state index in [9.17, 15) is 43.8 Å². The fraction of sp³-hybridized carbons (Fsp3) is 0.490. The smallest absolute Gasteiger partial charge is 0.323 e. The summed E-state index contributed by atoms with van der Waals surface area (Å²) in [6.45, 7) is 7.15. The summed E-state index contributed by atoms with van der Waals surface area (Å²) < 4.78 is 0. The second-order valence-electron chi connectivity index (χ2n) is 17.6. The van der Waals surface area contributed by atoms with Crippen molar-refractivity contribution in [1.29, 1.82) is 0 Å². The van der Waals surface area contributed by atoms with Crippen LogP contribution < -0.4 is 16.4 Å². The Balaban J connectivity index is 1.62. The Morgan fingerprint density at radius 1 is 0.738 bits per heavy atom. The summed E-state index contributed by atoms with van der Waals surface area (Å²) in [5.74, 6) is -4.97. The Morgan fingerprint density at radius 3 is 1.83 bits per heavy atom. The number of hydrogen-bond donors (Lipinski definition) is 5. The lowest BCUT2D eigenvalue weighted by Crippen LogP contribution is -2.61. The first-order valence-corrected chi connectivity index (χ1v) is 22.3. The van der Waals surface area contributed by atoms with E-state index in [1.54, 1.807) is 19.1 Å². The molecule has 1 fully saturated rings. The number of carboxylic acid groups (broad SMARTS) is 1. The molecule has 3 aromatic carbocycles. The highest BCUT2D eigenvalue weighted by Gasteiger charge is 2.42. The number of phenols is 1. The molecule has 3 aromatic rings. The predicted molar refractivity (Wildman–Crippen MR) is 246 cm³/mol. The Hall–Kier alpha value is -6.29. The maximum Gasteiger partial charge on any atom is 0.323 e. The molecule has 7 atom stereocenters. The minimum atomic E-state index is -1.19. The van der Waals surface area contributed by atoms with Crippen molar-refractivity contribution in [1.82, 2.24) is 30.2 Å². The van der Waals surface area contributed by atoms with E-state index in [1.807, 2.05) is 81.4 Å². The molecule has 1 aliphatic heterocycles. The van der Waals surface area contributed by atoms with Crippen LogP contribution >= 0.6 is 0 Å². The van der Waals surface area contributed by atoms with Gasteiger partial charge in [-0.05, 0) is 66.3 Å². The third-order valence-electron chi connectivity index (χ3n) is 12.2. The van der Waals surface area contributed by atoms with Gasteiger partial charge in [0.1, 0.15) is 42.5 Å². The van der Waals surface area contributed by atoms with Gasteiger partial charge in [0.2, 0.25) is 35.4 Å². The third kappa shape index (κ3) is 14.4. The lowest BCUT2D eigenvalue weighted by Gasteiger charge is -2.36. The number of rotatable bonds is 22. The van der Waals surface area contributed by atoms with Crippen molar-refractivity contribution in [3.05, 3.63) is 102 Å². The van der Waals surface area contributed by atoms with Crippen LogP contribution in [0, 0.1) is 11.8 Å². The maximum atomic E-state index is 14.7. The monoisotopic (exact) mass is 898 g/mol. The van der Waals surface area contributed by atoms with Gasteiger partial charge in [0.15, 0.2) is 0 Å². The number of carbonyl (C=O) groups is 7. The molecule has 16 nitrogen and oxygen atoms in total. The molecule has 1 aliphatic rings. The largest absolute Gasteiger partial charge is 0.508 e. The Kier molecular flexibility index (Phi) is 19.1. The summed E-state index contributed by atoms with van der Waals surface area (Å²) >= 11 is 0. The molecule has 0 unspecified atom stereocenters. The molecule has 16 heteroatoms. The SMILES string of the molecule is CC[C@H](C)[C@H](NC(=O)[C@H](Cc1ccc(O)cc1)N(C)C(=O)[C@@H](N)Cc1ccccc1)C(=O)N[C@@H](CC(C)C)C(=O)N(C)[C@H](Cc1ccccc1)C(=O)N1CCC[C@H]1C(=O)N(C)CC(=O)O. The van der Waals surface area contributed by atoms with Gasteiger partial charge in [-0.15, -0.1) is 0 Å². The van der Waals surface area contributed by atoms with E-state index in [0.29, 0.717) is 24.8 Å². The minimum absolute atomic E-state index is 0.0284. The molecular formula is C49H67N7O9. The van der Waals surface area contributed by atoms with Crippen LogP contribution in [0.5, 0.6) is 5.75 Å². The first-order valence-electron chi connectivity index (χ1n) is 22.3. The van der Waals surface area contributed by atoms with Gasteiger partial charge in [-0.3, -0.25) is 33.6 Å². The van der Waals surface area contributed by atoms with Gasteiger partial charge in [0.05, 0.1) is 6.04 Å². The van der Waals surface area contributed by atoms with Crippen molar-refractivity contribution >= 4 is 41.4 Å². The highest BCUT2D eigenvalue weighted by atomic mass is 16.4. The lowest BCUT2D eigenvalue weighted by molar-refractivity contribution is -0.152. The van der Waals surface area contributed by atoms with Crippen molar-refractivity contribution in [2.45, 2.75) is 109 Å². The van der Waals surface area contributed by atoms with Crippen LogP contribution in [-0.2, 0) is 52.8 Å². The molecular weight excluding hydrogens is 831 g/mol. The number of likely N-dealkylation sites (tertiary alicyclic amines) is 1. The van der Waals surface area contributed by atoms with Crippen LogP contribution in [0.3, 0.4) is 0 Å². The average Bonchev–Trinajstić information content (AvgIpc) is 3.78. The van der Waals surface area contributed by atoms with Crippen molar-refractivity contribution in [2.75, 3.05) is 34.2 Å². The van der Waals surface area contributed by atoms with Crippen molar-refractivity contribution in [2.24, 2.45) is 17.6 Å². The number of nitrogens with two attached hydrogens (primary N) is 1. The normalized spacial score (nSPS) is 16.3. The fourth-order valence-electron chi connectivity index (χ4n) is 8.18. The number of nitrogens with one attached hydrogen (secondary N) is 2.